The molecule has 1 N–H and O–H groups in total. The van der Waals surface area contributed by atoms with E-state index in [9.17, 15) is 13.2 Å². The summed E-state index contributed by atoms with van der Waals surface area (Å²) >= 11 is 7.22. The number of hydrogen-bond donors (Lipinski definition) is 1. The van der Waals surface area contributed by atoms with E-state index in [1.165, 1.54) is 31.9 Å². The lowest BCUT2D eigenvalue weighted by molar-refractivity contribution is -0.113. The number of nitrogens with one attached hydrogen (secondary N) is 1. The first kappa shape index (κ1) is 24.2. The molecule has 0 unspecified atom stereocenters. The Labute approximate surface area is 197 Å². The molecular formula is C21H24ClN5O3S2. The Kier molecular flexibility index (Phi) is 7.60. The lowest BCUT2D eigenvalue weighted by atomic mass is 10.2. The molecule has 2 aromatic carbocycles. The Morgan fingerprint density at radius 1 is 1.16 bits per heavy atom. The Morgan fingerprint density at radius 2 is 1.84 bits per heavy atom. The van der Waals surface area contributed by atoms with E-state index in [0.29, 0.717) is 33.8 Å². The maximum atomic E-state index is 12.5. The van der Waals surface area contributed by atoms with E-state index in [1.807, 2.05) is 23.6 Å². The second-order valence-corrected chi connectivity index (χ2v) is 10.7. The fourth-order valence-electron chi connectivity index (χ4n) is 2.97. The van der Waals surface area contributed by atoms with Crippen LogP contribution in [0.15, 0.2) is 52.5 Å². The lowest BCUT2D eigenvalue weighted by Gasteiger charge is -2.15. The zero-order chi connectivity index (χ0) is 23.5. The molecule has 3 aromatic rings. The smallest absolute Gasteiger partial charge is 0.242 e. The van der Waals surface area contributed by atoms with Crippen molar-refractivity contribution in [1.29, 1.82) is 0 Å². The molecule has 0 saturated carbocycles. The van der Waals surface area contributed by atoms with Crippen LogP contribution in [0.5, 0.6) is 0 Å². The standard InChI is InChI=1S/C21H24ClN5O3S2/c1-5-27-20(15-7-9-16(22)10-8-15)24-25-21(27)31-13-19(28)23-17-11-6-14(2)18(12-17)32(29,30)26(3)4/h6-12H,5,13H2,1-4H3,(H,23,28). The number of thioether (sulfide) groups is 1. The van der Waals surface area contributed by atoms with Crippen LogP contribution in [0.2, 0.25) is 5.02 Å². The molecule has 8 nitrogen and oxygen atoms in total. The number of nitrogens with zero attached hydrogens (tertiary/aromatic N) is 4. The van der Waals surface area contributed by atoms with E-state index in [2.05, 4.69) is 15.5 Å². The number of aryl methyl sites for hydroxylation is 1. The van der Waals surface area contributed by atoms with E-state index in [1.54, 1.807) is 31.2 Å². The Morgan fingerprint density at radius 3 is 2.47 bits per heavy atom. The van der Waals surface area contributed by atoms with E-state index in [4.69, 9.17) is 11.6 Å². The van der Waals surface area contributed by atoms with Gasteiger partial charge >= 0.3 is 0 Å². The van der Waals surface area contributed by atoms with Gasteiger partial charge in [-0.05, 0) is 55.8 Å². The number of halogens is 1. The van der Waals surface area contributed by atoms with Gasteiger partial charge in [-0.3, -0.25) is 4.79 Å². The van der Waals surface area contributed by atoms with Crippen LogP contribution in [-0.2, 0) is 21.4 Å². The minimum Gasteiger partial charge on any atom is -0.325 e. The summed E-state index contributed by atoms with van der Waals surface area (Å²) in [5.41, 5.74) is 1.91. The maximum absolute atomic E-state index is 12.5. The first-order chi connectivity index (χ1) is 15.1. The first-order valence-electron chi connectivity index (χ1n) is 9.78. The van der Waals surface area contributed by atoms with Gasteiger partial charge in [-0.15, -0.1) is 10.2 Å². The SMILES string of the molecule is CCn1c(SCC(=O)Nc2ccc(C)c(S(=O)(=O)N(C)C)c2)nnc1-c1ccc(Cl)cc1. The molecule has 32 heavy (non-hydrogen) atoms. The highest BCUT2D eigenvalue weighted by atomic mass is 35.5. The summed E-state index contributed by atoms with van der Waals surface area (Å²) < 4.78 is 28.1. The highest BCUT2D eigenvalue weighted by Gasteiger charge is 2.21. The number of amides is 1. The molecule has 0 atom stereocenters. The summed E-state index contributed by atoms with van der Waals surface area (Å²) in [7, 11) is -0.667. The molecule has 0 spiro atoms. The quantitative estimate of drug-likeness (QED) is 0.478. The van der Waals surface area contributed by atoms with Crippen molar-refractivity contribution >= 4 is 45.0 Å². The largest absolute Gasteiger partial charge is 0.325 e. The van der Waals surface area contributed by atoms with E-state index in [0.717, 1.165) is 9.87 Å². The molecule has 0 aliphatic rings. The minimum absolute atomic E-state index is 0.0996. The fourth-order valence-corrected chi connectivity index (χ4v) is 5.05. The van der Waals surface area contributed by atoms with E-state index >= 15 is 0 Å². The number of benzene rings is 2. The van der Waals surface area contributed by atoms with Gasteiger partial charge < -0.3 is 9.88 Å². The molecule has 0 aliphatic heterocycles. The highest BCUT2D eigenvalue weighted by molar-refractivity contribution is 7.99. The van der Waals surface area contributed by atoms with Crippen LogP contribution in [0, 0.1) is 6.92 Å². The van der Waals surface area contributed by atoms with Gasteiger partial charge in [0.15, 0.2) is 11.0 Å². The van der Waals surface area contributed by atoms with Crippen molar-refractivity contribution in [2.45, 2.75) is 30.4 Å². The van der Waals surface area contributed by atoms with Gasteiger partial charge in [-0.25, -0.2) is 12.7 Å². The zero-order valence-electron chi connectivity index (χ0n) is 18.2. The van der Waals surface area contributed by atoms with Gasteiger partial charge in [0.2, 0.25) is 15.9 Å². The summed E-state index contributed by atoms with van der Waals surface area (Å²) in [6.07, 6.45) is 0. The predicted octanol–water partition coefficient (Wildman–Crippen LogP) is 3.91. The maximum Gasteiger partial charge on any atom is 0.242 e. The average Bonchev–Trinajstić information content (AvgIpc) is 3.16. The first-order valence-corrected chi connectivity index (χ1v) is 12.6. The van der Waals surface area contributed by atoms with Crippen molar-refractivity contribution in [3.63, 3.8) is 0 Å². The molecule has 170 valence electrons. The molecule has 0 aliphatic carbocycles. The van der Waals surface area contributed by atoms with Crippen LogP contribution in [0.4, 0.5) is 5.69 Å². The minimum atomic E-state index is -3.61. The van der Waals surface area contributed by atoms with E-state index in [-0.39, 0.29) is 16.6 Å². The molecule has 1 heterocycles. The molecule has 0 radical (unpaired) electrons. The number of sulfonamides is 1. The van der Waals surface area contributed by atoms with Crippen molar-refractivity contribution in [3.05, 3.63) is 53.1 Å². The molecule has 11 heteroatoms. The van der Waals surface area contributed by atoms with Crippen LogP contribution in [0.25, 0.3) is 11.4 Å². The summed E-state index contributed by atoms with van der Waals surface area (Å²) in [4.78, 5) is 12.7. The van der Waals surface area contributed by atoms with Gasteiger partial charge in [0.25, 0.3) is 0 Å². The van der Waals surface area contributed by atoms with Gasteiger partial charge in [-0.2, -0.15) is 0 Å². The number of anilines is 1. The van der Waals surface area contributed by atoms with Crippen LogP contribution in [0.1, 0.15) is 12.5 Å². The van der Waals surface area contributed by atoms with Gasteiger partial charge in [0, 0.05) is 36.9 Å². The van der Waals surface area contributed by atoms with Crippen molar-refractivity contribution in [3.8, 4) is 11.4 Å². The number of aromatic nitrogens is 3. The molecule has 1 aromatic heterocycles. The van der Waals surface area contributed by atoms with Crippen LogP contribution < -0.4 is 5.32 Å². The van der Waals surface area contributed by atoms with Crippen molar-refractivity contribution < 1.29 is 13.2 Å². The summed E-state index contributed by atoms with van der Waals surface area (Å²) in [6, 6.07) is 12.1. The van der Waals surface area contributed by atoms with Gasteiger partial charge in [0.1, 0.15) is 0 Å². The number of hydrogen-bond acceptors (Lipinski definition) is 6. The second-order valence-electron chi connectivity index (χ2n) is 7.16. The van der Waals surface area contributed by atoms with Crippen LogP contribution in [0.3, 0.4) is 0 Å². The predicted molar refractivity (Wildman–Crippen MR) is 128 cm³/mol. The van der Waals surface area contributed by atoms with Crippen molar-refractivity contribution in [1.82, 2.24) is 19.1 Å². The lowest BCUT2D eigenvalue weighted by Crippen LogP contribution is -2.23. The van der Waals surface area contributed by atoms with E-state index < -0.39 is 10.0 Å². The van der Waals surface area contributed by atoms with Gasteiger partial charge in [0.05, 0.1) is 10.6 Å². The zero-order valence-corrected chi connectivity index (χ0v) is 20.6. The molecule has 3 rings (SSSR count). The third kappa shape index (κ3) is 5.32. The summed E-state index contributed by atoms with van der Waals surface area (Å²) in [5, 5.41) is 12.5. The molecular weight excluding hydrogens is 470 g/mol. The van der Waals surface area contributed by atoms with Gasteiger partial charge in [-0.1, -0.05) is 29.4 Å². The second kappa shape index (κ2) is 10.0. The average molecular weight is 494 g/mol. The monoisotopic (exact) mass is 493 g/mol. The topological polar surface area (TPSA) is 97.2 Å². The number of rotatable bonds is 8. The summed E-state index contributed by atoms with van der Waals surface area (Å²) in [6.45, 7) is 4.33. The van der Waals surface area contributed by atoms with Crippen molar-refractivity contribution in [2.75, 3.05) is 25.2 Å². The molecule has 1 amide bonds. The van der Waals surface area contributed by atoms with Crippen LogP contribution >= 0.6 is 23.4 Å². The fraction of sp³-hybridized carbons (Fsp3) is 0.286. The van der Waals surface area contributed by atoms with Crippen molar-refractivity contribution in [2.24, 2.45) is 0 Å². The third-order valence-electron chi connectivity index (χ3n) is 4.70. The Bertz CT molecular complexity index is 1220. The molecule has 0 fully saturated rings. The Balaban J connectivity index is 1.71. The molecule has 0 saturated heterocycles. The third-order valence-corrected chi connectivity index (χ3v) is 7.87. The van der Waals surface area contributed by atoms with Crippen LogP contribution in [-0.4, -0.2) is 53.2 Å². The Hall–Kier alpha value is -2.40. The molecule has 0 bridgehead atoms. The normalized spacial score (nSPS) is 11.7. The number of carbonyl (C=O) groups is 1. The highest BCUT2D eigenvalue weighted by Crippen LogP contribution is 2.26. The summed E-state index contributed by atoms with van der Waals surface area (Å²) in [5.74, 6) is 0.525. The number of carbonyl (C=O) groups excluding carboxylic acids is 1.